The van der Waals surface area contributed by atoms with E-state index in [0.29, 0.717) is 0 Å². The van der Waals surface area contributed by atoms with Crippen LogP contribution in [0.2, 0.25) is 0 Å². The van der Waals surface area contributed by atoms with Gasteiger partial charge in [-0.3, -0.25) is 30.6 Å². The van der Waals surface area contributed by atoms with E-state index in [1.807, 2.05) is 52.0 Å². The molecule has 6 aromatic heterocycles. The summed E-state index contributed by atoms with van der Waals surface area (Å²) in [6.45, 7) is 33.9. The molecule has 6 rings (SSSR count). The van der Waals surface area contributed by atoms with Gasteiger partial charge in [-0.15, -0.1) is 0 Å². The monoisotopic (exact) mass is 689 g/mol. The number of aromatic nitrogens is 12. The maximum Gasteiger partial charge on any atom is 0.0678 e. The molecular weight excluding hydrogens is 625 g/mol. The van der Waals surface area contributed by atoms with Crippen molar-refractivity contribution in [1.82, 2.24) is 61.2 Å². The molecule has 6 aromatic rings. The molecule has 0 bridgehead atoms. The van der Waals surface area contributed by atoms with Crippen molar-refractivity contribution in [2.45, 2.75) is 132 Å². The van der Waals surface area contributed by atoms with Gasteiger partial charge in [0.15, 0.2) is 0 Å². The fourth-order valence-electron chi connectivity index (χ4n) is 3.66. The van der Waals surface area contributed by atoms with E-state index >= 15 is 0 Å². The minimum Gasteiger partial charge on any atom is -0.286 e. The average Bonchev–Trinajstić information content (AvgIpc) is 3.81. The number of hydrogen-bond donors (Lipinski definition) is 6. The van der Waals surface area contributed by atoms with E-state index < -0.39 is 0 Å². The van der Waals surface area contributed by atoms with Gasteiger partial charge in [-0.1, -0.05) is 83.1 Å². The maximum atomic E-state index is 4.33. The van der Waals surface area contributed by atoms with Crippen molar-refractivity contribution in [2.75, 3.05) is 0 Å². The molecular formula is C38H64N12. The van der Waals surface area contributed by atoms with E-state index in [0.717, 1.165) is 34.2 Å². The summed E-state index contributed by atoms with van der Waals surface area (Å²) in [4.78, 5) is 0. The van der Waals surface area contributed by atoms with Crippen LogP contribution in [0.4, 0.5) is 0 Å². The Morgan fingerprint density at radius 1 is 0.440 bits per heavy atom. The molecule has 0 spiro atoms. The van der Waals surface area contributed by atoms with Crippen LogP contribution in [0, 0.1) is 27.7 Å². The molecule has 0 atom stereocenters. The van der Waals surface area contributed by atoms with Gasteiger partial charge in [0.05, 0.1) is 17.1 Å². The molecule has 6 heterocycles. The fourth-order valence-corrected chi connectivity index (χ4v) is 3.66. The van der Waals surface area contributed by atoms with Crippen molar-refractivity contribution in [1.29, 1.82) is 0 Å². The quantitative estimate of drug-likeness (QED) is 0.0930. The summed E-state index contributed by atoms with van der Waals surface area (Å²) in [6, 6.07) is 12.0. The van der Waals surface area contributed by atoms with Gasteiger partial charge in [0.25, 0.3) is 0 Å². The first kappa shape index (κ1) is 43.3. The van der Waals surface area contributed by atoms with Gasteiger partial charge < -0.3 is 0 Å². The molecule has 0 saturated carbocycles. The highest BCUT2D eigenvalue weighted by Gasteiger charge is 2.22. The molecule has 0 aromatic carbocycles. The van der Waals surface area contributed by atoms with Crippen molar-refractivity contribution in [3.05, 3.63) is 107 Å². The van der Waals surface area contributed by atoms with Crippen LogP contribution < -0.4 is 0 Å². The Balaban J connectivity index is 0.000000308. The zero-order valence-electron chi connectivity index (χ0n) is 33.5. The lowest BCUT2D eigenvalue weighted by Crippen LogP contribution is -2.12. The molecule has 0 aliphatic rings. The molecule has 50 heavy (non-hydrogen) atoms. The molecule has 12 heteroatoms. The molecule has 6 N–H and O–H groups in total. The van der Waals surface area contributed by atoms with Crippen molar-refractivity contribution in [3.8, 4) is 0 Å². The number of nitrogens with zero attached hydrogens (tertiary/aromatic N) is 6. The third-order valence-electron chi connectivity index (χ3n) is 6.82. The third-order valence-corrected chi connectivity index (χ3v) is 6.82. The molecule has 0 saturated heterocycles. The largest absolute Gasteiger partial charge is 0.286 e. The van der Waals surface area contributed by atoms with Crippen LogP contribution in [0.15, 0.2) is 61.2 Å². The highest BCUT2D eigenvalue weighted by molar-refractivity contribution is 5.21. The number of rotatable bonds is 0. The lowest BCUT2D eigenvalue weighted by molar-refractivity contribution is 0.563. The fraction of sp³-hybridized carbons (Fsp3) is 0.526. The van der Waals surface area contributed by atoms with Crippen molar-refractivity contribution in [2.24, 2.45) is 0 Å². The number of aromatic amines is 6. The van der Waals surface area contributed by atoms with E-state index in [1.165, 1.54) is 11.4 Å². The molecule has 276 valence electrons. The summed E-state index contributed by atoms with van der Waals surface area (Å²) >= 11 is 0. The second-order valence-corrected chi connectivity index (χ2v) is 16.3. The van der Waals surface area contributed by atoms with Gasteiger partial charge in [-0.25, -0.2) is 0 Å². The second-order valence-electron chi connectivity index (χ2n) is 16.3. The van der Waals surface area contributed by atoms with Crippen molar-refractivity contribution >= 4 is 0 Å². The van der Waals surface area contributed by atoms with Gasteiger partial charge in [0.2, 0.25) is 0 Å². The maximum absolute atomic E-state index is 4.33. The molecule has 0 amide bonds. The topological polar surface area (TPSA) is 172 Å². The van der Waals surface area contributed by atoms with Crippen LogP contribution in [0.3, 0.4) is 0 Å². The molecule has 0 unspecified atom stereocenters. The summed E-state index contributed by atoms with van der Waals surface area (Å²) in [5.74, 6) is 0. The van der Waals surface area contributed by atoms with E-state index in [9.17, 15) is 0 Å². The minimum absolute atomic E-state index is 0.139. The smallest absolute Gasteiger partial charge is 0.0678 e. The first-order valence-corrected chi connectivity index (χ1v) is 17.0. The highest BCUT2D eigenvalue weighted by Crippen LogP contribution is 2.26. The summed E-state index contributed by atoms with van der Waals surface area (Å²) in [5.41, 5.74) is 9.75. The Morgan fingerprint density at radius 2 is 0.960 bits per heavy atom. The van der Waals surface area contributed by atoms with Crippen LogP contribution >= 0.6 is 0 Å². The van der Waals surface area contributed by atoms with Crippen LogP contribution in [0.25, 0.3) is 0 Å². The van der Waals surface area contributed by atoms with Gasteiger partial charge in [0.1, 0.15) is 0 Å². The molecule has 0 aliphatic heterocycles. The predicted octanol–water partition coefficient (Wildman–Crippen LogP) is 8.88. The van der Waals surface area contributed by atoms with E-state index in [-0.39, 0.29) is 21.7 Å². The lowest BCUT2D eigenvalue weighted by Gasteiger charge is -2.16. The van der Waals surface area contributed by atoms with E-state index in [1.54, 1.807) is 24.8 Å². The first-order chi connectivity index (χ1) is 23.0. The molecule has 0 fully saturated rings. The van der Waals surface area contributed by atoms with Crippen LogP contribution in [-0.4, -0.2) is 61.2 Å². The average molecular weight is 689 g/mol. The normalized spacial score (nSPS) is 11.2. The zero-order chi connectivity index (χ0) is 38.2. The lowest BCUT2D eigenvalue weighted by atomic mass is 9.88. The molecule has 0 aliphatic carbocycles. The summed E-state index contributed by atoms with van der Waals surface area (Å²) in [7, 11) is 0. The number of hydrogen-bond acceptors (Lipinski definition) is 6. The standard InChI is InChI=1S/C11H20N2.C8H14N2.C7H12N2.C5H8N2.C4H6N2.C3H4N2/c1-10(2,3)8-7-9(13-12-8)11(4,5)6;1-6-5-7(10-9-6)8(2,3)4;1-7(2,3)6-4-5-8-9-6;1-4-3-5(2)7-6-4;1-4-2-3-5-6-4;1-2-4-5-3-1/h7H,1-6H3,(H,12,13);5H,1-4H3,(H,9,10);4-5H,1-3H3,(H,8,9);3H,1-2H3,(H,6,7);2-3H,1H3,(H,5,6);1-3H,(H,4,5). The Morgan fingerprint density at radius 3 is 1.16 bits per heavy atom. The molecule has 0 radical (unpaired) electrons. The van der Waals surface area contributed by atoms with E-state index in [4.69, 9.17) is 0 Å². The van der Waals surface area contributed by atoms with Gasteiger partial charge >= 0.3 is 0 Å². The van der Waals surface area contributed by atoms with E-state index in [2.05, 4.69) is 156 Å². The molecule has 12 nitrogen and oxygen atoms in total. The Hall–Kier alpha value is -4.74. The van der Waals surface area contributed by atoms with Crippen LogP contribution in [0.1, 0.15) is 129 Å². The van der Waals surface area contributed by atoms with Crippen LogP contribution in [-0.2, 0) is 21.7 Å². The summed E-state index contributed by atoms with van der Waals surface area (Å²) in [6.07, 6.45) is 6.97. The first-order valence-electron chi connectivity index (χ1n) is 17.0. The highest BCUT2D eigenvalue weighted by atomic mass is 15.1. The number of nitrogens with one attached hydrogen (secondary N) is 6. The minimum atomic E-state index is 0.139. The van der Waals surface area contributed by atoms with Crippen molar-refractivity contribution in [3.63, 3.8) is 0 Å². The number of aryl methyl sites for hydroxylation is 4. The van der Waals surface area contributed by atoms with Gasteiger partial charge in [-0.2, -0.15) is 30.6 Å². The zero-order valence-corrected chi connectivity index (χ0v) is 33.5. The van der Waals surface area contributed by atoms with Crippen LogP contribution in [0.5, 0.6) is 0 Å². The van der Waals surface area contributed by atoms with Gasteiger partial charge in [0, 0.05) is 74.9 Å². The summed E-state index contributed by atoms with van der Waals surface area (Å²) in [5, 5.41) is 40.7. The van der Waals surface area contributed by atoms with Crippen molar-refractivity contribution < 1.29 is 0 Å². The Kier molecular flexibility index (Phi) is 16.8. The predicted molar refractivity (Wildman–Crippen MR) is 205 cm³/mol. The SMILES string of the molecule is CC(C)(C)c1cc(C(C)(C)C)[nH]n1.CC(C)(C)c1ccn[nH]1.Cc1cc(C(C)(C)C)n[nH]1.Cc1cc(C)[nH]n1.Cc1ccn[nH]1.c1cn[nH]c1. The third kappa shape index (κ3) is 18.1. The second kappa shape index (κ2) is 19.4. The Labute approximate surface area is 299 Å². The number of H-pyrrole nitrogens is 6. The Bertz CT molecular complexity index is 1590. The summed E-state index contributed by atoms with van der Waals surface area (Å²) < 4.78 is 0. The van der Waals surface area contributed by atoms with Gasteiger partial charge in [-0.05, 0) is 64.1 Å².